The molecule has 0 unspecified atom stereocenters. The van der Waals surface area contributed by atoms with Gasteiger partial charge in [0, 0.05) is 0 Å². The molecule has 10 aromatic carbocycles. The predicted molar refractivity (Wildman–Crippen MR) is 270 cm³/mol. The Morgan fingerprint density at radius 2 is 0.635 bits per heavy atom. The van der Waals surface area contributed by atoms with Crippen molar-refractivity contribution in [3.05, 3.63) is 277 Å². The van der Waals surface area contributed by atoms with E-state index < -0.39 is 8.07 Å². The fourth-order valence-corrected chi connectivity index (χ4v) is 16.8. The van der Waals surface area contributed by atoms with Crippen LogP contribution in [-0.2, 0) is 0 Å². The molecule has 0 fully saturated rings. The summed E-state index contributed by atoms with van der Waals surface area (Å²) in [6.45, 7) is 0. The first-order valence-corrected chi connectivity index (χ1v) is 23.9. The van der Waals surface area contributed by atoms with E-state index in [9.17, 15) is 0 Å². The molecule has 0 spiro atoms. The molecule has 1 aliphatic heterocycles. The van der Waals surface area contributed by atoms with Gasteiger partial charge in [0.25, 0.3) is 0 Å². The Morgan fingerprint density at radius 3 is 1.10 bits per heavy atom. The highest BCUT2D eigenvalue weighted by molar-refractivity contribution is 7.29. The summed E-state index contributed by atoms with van der Waals surface area (Å²) in [4.78, 5) is 0. The Bertz CT molecular complexity index is 3270. The first-order chi connectivity index (χ1) is 31.3. The minimum absolute atomic E-state index is 1.22. The zero-order chi connectivity index (χ0) is 41.7. The Kier molecular flexibility index (Phi) is 8.95. The van der Waals surface area contributed by atoms with Crippen molar-refractivity contribution in [3.8, 4) is 44.5 Å². The molecule has 1 heterocycles. The largest absolute Gasteiger partial charge is 0.182 e. The molecule has 0 saturated carbocycles. The van der Waals surface area contributed by atoms with E-state index in [1.807, 2.05) is 0 Å². The number of hydrogen-bond acceptors (Lipinski definition) is 0. The summed E-state index contributed by atoms with van der Waals surface area (Å²) in [5, 5.41) is 8.15. The molecule has 0 aromatic heterocycles. The molecule has 0 saturated heterocycles. The van der Waals surface area contributed by atoms with Crippen LogP contribution in [0.2, 0.25) is 0 Å². The molecule has 2 aliphatic rings. The standard InChI is InChI=1S/C62H42Si/c1-8-24-43(25-9-1)53-42-54(56(45-26-10-2-11-27-45)60-52-41-23-37-44-36-22-40-51(55(44)52)59(53)60)63(50-38-20-7-21-39-50)61(48-32-16-5-17-33-48)57(46-28-12-3-13-29-46)58(47-30-14-4-15-31-47)62(63)49-34-18-6-19-35-49/h1-42H. The van der Waals surface area contributed by atoms with E-state index in [-0.39, 0.29) is 0 Å². The third-order valence-electron chi connectivity index (χ3n) is 13.3. The molecule has 1 heteroatoms. The van der Waals surface area contributed by atoms with Gasteiger partial charge in [0.05, 0.1) is 0 Å². The van der Waals surface area contributed by atoms with Gasteiger partial charge < -0.3 is 0 Å². The number of benzene rings is 10. The van der Waals surface area contributed by atoms with Crippen molar-refractivity contribution in [2.45, 2.75) is 0 Å². The lowest BCUT2D eigenvalue weighted by atomic mass is 9.87. The van der Waals surface area contributed by atoms with Crippen LogP contribution in [0, 0.1) is 0 Å². The van der Waals surface area contributed by atoms with E-state index in [1.54, 1.807) is 0 Å². The third kappa shape index (κ3) is 5.74. The summed E-state index contributed by atoms with van der Waals surface area (Å²) in [6, 6.07) is 95.6. The maximum Gasteiger partial charge on any atom is 0.182 e. The van der Waals surface area contributed by atoms with Crippen molar-refractivity contribution in [2.24, 2.45) is 0 Å². The van der Waals surface area contributed by atoms with Crippen molar-refractivity contribution in [2.75, 3.05) is 0 Å². The summed E-state index contributed by atoms with van der Waals surface area (Å²) in [5.74, 6) is 0. The lowest BCUT2D eigenvalue weighted by Crippen LogP contribution is -2.60. The molecule has 294 valence electrons. The third-order valence-corrected chi connectivity index (χ3v) is 18.3. The SMILES string of the molecule is c1ccc(C2=C(c3ccccc3)[Si](c3ccccc3)(c3cc(-c4ccccc4)c4c(c3-c3ccccc3)-c3cccc5cccc-4c35)C(c3ccccc3)=C2c2ccccc2)cc1. The van der Waals surface area contributed by atoms with Gasteiger partial charge in [-0.2, -0.15) is 0 Å². The predicted octanol–water partition coefficient (Wildman–Crippen LogP) is 14.7. The highest BCUT2D eigenvalue weighted by Gasteiger charge is 2.55. The van der Waals surface area contributed by atoms with E-state index in [0.717, 1.165) is 0 Å². The average molecular weight is 815 g/mol. The summed E-state index contributed by atoms with van der Waals surface area (Å²) < 4.78 is 0. The first-order valence-electron chi connectivity index (χ1n) is 21.9. The zero-order valence-corrected chi connectivity index (χ0v) is 35.7. The van der Waals surface area contributed by atoms with Gasteiger partial charge in [-0.3, -0.25) is 0 Å². The smallest absolute Gasteiger partial charge is 0.0623 e. The molecular weight excluding hydrogens is 773 g/mol. The van der Waals surface area contributed by atoms with E-state index in [1.165, 1.54) is 109 Å². The topological polar surface area (TPSA) is 0 Å². The highest BCUT2D eigenvalue weighted by Crippen LogP contribution is 2.59. The maximum atomic E-state index is 2.66. The summed E-state index contributed by atoms with van der Waals surface area (Å²) >= 11 is 0. The molecule has 0 atom stereocenters. The molecule has 0 N–H and O–H groups in total. The number of fused-ring (bicyclic) bond motifs is 3. The van der Waals surface area contributed by atoms with Crippen LogP contribution in [0.5, 0.6) is 0 Å². The number of hydrogen-bond donors (Lipinski definition) is 0. The van der Waals surface area contributed by atoms with Gasteiger partial charge in [0.2, 0.25) is 0 Å². The van der Waals surface area contributed by atoms with Crippen LogP contribution in [0.4, 0.5) is 0 Å². The van der Waals surface area contributed by atoms with Crippen molar-refractivity contribution in [1.82, 2.24) is 0 Å². The summed E-state index contributed by atoms with van der Waals surface area (Å²) in [7, 11) is -3.48. The molecule has 10 aromatic rings. The average Bonchev–Trinajstić information content (AvgIpc) is 3.88. The molecule has 1 aliphatic carbocycles. The molecule has 0 amide bonds. The molecule has 0 radical (unpaired) electrons. The van der Waals surface area contributed by atoms with Crippen LogP contribution in [0.1, 0.15) is 22.3 Å². The lowest BCUT2D eigenvalue weighted by molar-refractivity contribution is 1.58. The molecule has 0 nitrogen and oxygen atoms in total. The lowest BCUT2D eigenvalue weighted by Gasteiger charge is -2.39. The Hall–Kier alpha value is -7.84. The van der Waals surface area contributed by atoms with Crippen molar-refractivity contribution in [1.29, 1.82) is 0 Å². The van der Waals surface area contributed by atoms with E-state index in [2.05, 4.69) is 255 Å². The van der Waals surface area contributed by atoms with Gasteiger partial charge in [-0.25, -0.2) is 0 Å². The molecular formula is C62H42Si. The van der Waals surface area contributed by atoms with E-state index in [4.69, 9.17) is 0 Å². The van der Waals surface area contributed by atoms with Crippen LogP contribution in [-0.4, -0.2) is 8.07 Å². The zero-order valence-electron chi connectivity index (χ0n) is 34.7. The van der Waals surface area contributed by atoms with E-state index in [0.29, 0.717) is 0 Å². The van der Waals surface area contributed by atoms with Gasteiger partial charge in [-0.05, 0) is 109 Å². The second-order valence-corrected chi connectivity index (χ2v) is 20.2. The Morgan fingerprint density at radius 1 is 0.254 bits per heavy atom. The maximum absolute atomic E-state index is 3.48. The Balaban J connectivity index is 1.40. The minimum atomic E-state index is -3.48. The van der Waals surface area contributed by atoms with Crippen LogP contribution in [0.15, 0.2) is 255 Å². The number of allylic oxidation sites excluding steroid dienone is 2. The second kappa shape index (κ2) is 15.3. The number of rotatable bonds is 8. The normalized spacial score (nSPS) is 13.7. The fourth-order valence-electron chi connectivity index (χ4n) is 10.9. The van der Waals surface area contributed by atoms with Crippen molar-refractivity contribution in [3.63, 3.8) is 0 Å². The highest BCUT2D eigenvalue weighted by atomic mass is 28.3. The monoisotopic (exact) mass is 814 g/mol. The minimum Gasteiger partial charge on any atom is -0.0623 e. The first kappa shape index (κ1) is 37.0. The molecule has 63 heavy (non-hydrogen) atoms. The van der Waals surface area contributed by atoms with Crippen LogP contribution in [0.25, 0.3) is 76.8 Å². The van der Waals surface area contributed by atoms with Crippen LogP contribution >= 0.6 is 0 Å². The fraction of sp³-hybridized carbons (Fsp3) is 0. The van der Waals surface area contributed by atoms with Gasteiger partial charge in [0.1, 0.15) is 0 Å². The van der Waals surface area contributed by atoms with Gasteiger partial charge in [-0.15, -0.1) is 0 Å². The molecule has 12 rings (SSSR count). The van der Waals surface area contributed by atoms with Gasteiger partial charge in [-0.1, -0.05) is 255 Å². The summed E-state index contributed by atoms with van der Waals surface area (Å²) in [6.07, 6.45) is 0. The quantitative estimate of drug-likeness (QED) is 0.134. The Labute approximate surface area is 370 Å². The van der Waals surface area contributed by atoms with Crippen molar-refractivity contribution < 1.29 is 0 Å². The molecule has 0 bridgehead atoms. The van der Waals surface area contributed by atoms with Crippen molar-refractivity contribution >= 4 is 50.8 Å². The van der Waals surface area contributed by atoms with E-state index >= 15 is 0 Å². The second-order valence-electron chi connectivity index (χ2n) is 16.6. The van der Waals surface area contributed by atoms with Crippen LogP contribution in [0.3, 0.4) is 0 Å². The summed E-state index contributed by atoms with van der Waals surface area (Å²) in [5.41, 5.74) is 17.8. The van der Waals surface area contributed by atoms with Gasteiger partial charge >= 0.3 is 0 Å². The van der Waals surface area contributed by atoms with Gasteiger partial charge in [0.15, 0.2) is 8.07 Å². The van der Waals surface area contributed by atoms with Crippen LogP contribution < -0.4 is 10.4 Å².